The minimum absolute atomic E-state index is 0.101. The fraction of sp³-hybridized carbons (Fsp3) is 0. The van der Waals surface area contributed by atoms with Gasteiger partial charge in [0.25, 0.3) is 10.0 Å². The number of benzene rings is 2. The van der Waals surface area contributed by atoms with Gasteiger partial charge in [0.05, 0.1) is 22.2 Å². The lowest BCUT2D eigenvalue weighted by molar-refractivity contribution is 0.581. The standard InChI is InChI=1S/C16H9Cl2N7O2S/c1-21-10-4-5-14(13(18)6-10)28(26,27)25-15(20)23-16(24-25)22-11-3-2-9(8-19)12(17)7-11/h2-7H,(H3,20,22,23,24). The third-order valence-electron chi connectivity index (χ3n) is 3.50. The fourth-order valence-electron chi connectivity index (χ4n) is 2.22. The molecular formula is C16H9Cl2N7O2S. The monoisotopic (exact) mass is 433 g/mol. The molecule has 0 bridgehead atoms. The summed E-state index contributed by atoms with van der Waals surface area (Å²) in [5.41, 5.74) is 6.61. The van der Waals surface area contributed by atoms with Gasteiger partial charge in [-0.2, -0.15) is 18.7 Å². The number of hydrogen-bond acceptors (Lipinski definition) is 7. The molecule has 0 atom stereocenters. The van der Waals surface area contributed by atoms with Crippen molar-refractivity contribution in [1.29, 1.82) is 5.26 Å². The Morgan fingerprint density at radius 3 is 2.57 bits per heavy atom. The SMILES string of the molecule is [C-]#[N+]c1ccc(S(=O)(=O)n2nc(Nc3ccc(C#N)c(Cl)c3)nc2N)c(Cl)c1. The average molecular weight is 434 g/mol. The number of rotatable bonds is 4. The van der Waals surface area contributed by atoms with Crippen molar-refractivity contribution >= 4 is 56.5 Å². The number of nitrogens with two attached hydrogens (primary N) is 1. The third kappa shape index (κ3) is 3.57. The van der Waals surface area contributed by atoms with Crippen LogP contribution in [0, 0.1) is 17.9 Å². The predicted octanol–water partition coefficient (Wildman–Crippen LogP) is 3.57. The molecule has 3 N–H and O–H groups in total. The Bertz CT molecular complexity index is 1270. The molecule has 9 nitrogen and oxygen atoms in total. The van der Waals surface area contributed by atoms with E-state index >= 15 is 0 Å². The van der Waals surface area contributed by atoms with Gasteiger partial charge < -0.3 is 11.1 Å². The number of nitrogen functional groups attached to an aromatic ring is 1. The Labute approximate surface area is 169 Å². The van der Waals surface area contributed by atoms with E-state index in [4.69, 9.17) is 40.8 Å². The molecule has 28 heavy (non-hydrogen) atoms. The van der Waals surface area contributed by atoms with E-state index in [0.29, 0.717) is 9.77 Å². The Hall–Kier alpha value is -3.31. The van der Waals surface area contributed by atoms with Gasteiger partial charge in [0, 0.05) is 5.69 Å². The second-order valence-corrected chi connectivity index (χ2v) is 7.85. The maximum Gasteiger partial charge on any atom is 0.287 e. The molecule has 0 aliphatic rings. The Morgan fingerprint density at radius 2 is 1.96 bits per heavy atom. The van der Waals surface area contributed by atoms with Gasteiger partial charge in [-0.1, -0.05) is 35.3 Å². The quantitative estimate of drug-likeness (QED) is 0.600. The van der Waals surface area contributed by atoms with Gasteiger partial charge in [-0.15, -0.1) is 9.19 Å². The highest BCUT2D eigenvalue weighted by molar-refractivity contribution is 7.90. The van der Waals surface area contributed by atoms with E-state index in [1.54, 1.807) is 6.07 Å². The smallest absolute Gasteiger partial charge is 0.287 e. The van der Waals surface area contributed by atoms with Crippen LogP contribution in [0.4, 0.5) is 23.3 Å². The summed E-state index contributed by atoms with van der Waals surface area (Å²) in [6, 6.07) is 10.2. The normalized spacial score (nSPS) is 10.9. The minimum atomic E-state index is -4.24. The highest BCUT2D eigenvalue weighted by atomic mass is 35.5. The topological polar surface area (TPSA) is 131 Å². The maximum absolute atomic E-state index is 12.8. The molecule has 0 radical (unpaired) electrons. The van der Waals surface area contributed by atoms with E-state index < -0.39 is 16.0 Å². The molecule has 1 aromatic heterocycles. The number of nitriles is 1. The molecule has 0 aliphatic heterocycles. The predicted molar refractivity (Wildman–Crippen MR) is 104 cm³/mol. The molecule has 140 valence electrons. The van der Waals surface area contributed by atoms with Crippen LogP contribution in [0.1, 0.15) is 5.56 Å². The number of halogens is 2. The second-order valence-electron chi connectivity index (χ2n) is 5.30. The fourth-order valence-corrected chi connectivity index (χ4v) is 4.11. The molecule has 0 aliphatic carbocycles. The van der Waals surface area contributed by atoms with Crippen molar-refractivity contribution in [3.63, 3.8) is 0 Å². The van der Waals surface area contributed by atoms with E-state index in [2.05, 4.69) is 20.2 Å². The van der Waals surface area contributed by atoms with Crippen LogP contribution in [0.3, 0.4) is 0 Å². The number of hydrogen-bond donors (Lipinski definition) is 2. The van der Waals surface area contributed by atoms with Crippen LogP contribution in [0.2, 0.25) is 10.0 Å². The zero-order valence-corrected chi connectivity index (χ0v) is 16.1. The average Bonchev–Trinajstić information content (AvgIpc) is 3.02. The number of aromatic nitrogens is 3. The van der Waals surface area contributed by atoms with Crippen LogP contribution in [-0.2, 0) is 10.0 Å². The summed E-state index contributed by atoms with van der Waals surface area (Å²) in [5.74, 6) is -0.497. The van der Waals surface area contributed by atoms with Crippen LogP contribution >= 0.6 is 23.2 Å². The molecular weight excluding hydrogens is 425 g/mol. The summed E-state index contributed by atoms with van der Waals surface area (Å²) in [4.78, 5) is 6.79. The van der Waals surface area contributed by atoms with Crippen molar-refractivity contribution in [2.75, 3.05) is 11.1 Å². The van der Waals surface area contributed by atoms with Crippen molar-refractivity contribution in [2.24, 2.45) is 0 Å². The minimum Gasteiger partial charge on any atom is -0.367 e. The maximum atomic E-state index is 12.8. The first-order valence-electron chi connectivity index (χ1n) is 7.38. The van der Waals surface area contributed by atoms with Crippen molar-refractivity contribution < 1.29 is 8.42 Å². The molecule has 0 spiro atoms. The molecule has 0 fully saturated rings. The van der Waals surface area contributed by atoms with Crippen LogP contribution < -0.4 is 11.1 Å². The third-order valence-corrected chi connectivity index (χ3v) is 5.87. The van der Waals surface area contributed by atoms with Gasteiger partial charge in [0.15, 0.2) is 5.69 Å². The van der Waals surface area contributed by atoms with Gasteiger partial charge in [0.1, 0.15) is 11.0 Å². The summed E-state index contributed by atoms with van der Waals surface area (Å²) in [6.45, 7) is 6.95. The van der Waals surface area contributed by atoms with E-state index in [0.717, 1.165) is 0 Å². The lowest BCUT2D eigenvalue weighted by atomic mass is 10.2. The summed E-state index contributed by atoms with van der Waals surface area (Å²) in [6.07, 6.45) is 0. The van der Waals surface area contributed by atoms with Crippen LogP contribution in [0.25, 0.3) is 4.85 Å². The number of nitrogens with zero attached hydrogens (tertiary/aromatic N) is 5. The largest absolute Gasteiger partial charge is 0.367 e. The van der Waals surface area contributed by atoms with E-state index in [-0.39, 0.29) is 32.1 Å². The van der Waals surface area contributed by atoms with Crippen molar-refractivity contribution in [1.82, 2.24) is 14.2 Å². The van der Waals surface area contributed by atoms with Crippen LogP contribution in [-0.4, -0.2) is 22.6 Å². The highest BCUT2D eigenvalue weighted by Gasteiger charge is 2.25. The Kier molecular flexibility index (Phi) is 5.12. The molecule has 3 aromatic rings. The molecule has 3 rings (SSSR count). The van der Waals surface area contributed by atoms with Gasteiger partial charge >= 0.3 is 0 Å². The van der Waals surface area contributed by atoms with E-state index in [1.165, 1.54) is 30.3 Å². The first-order chi connectivity index (χ1) is 13.3. The number of nitrogens with one attached hydrogen (secondary N) is 1. The van der Waals surface area contributed by atoms with Crippen molar-refractivity contribution in [3.8, 4) is 6.07 Å². The number of anilines is 3. The molecule has 1 heterocycles. The highest BCUT2D eigenvalue weighted by Crippen LogP contribution is 2.29. The Balaban J connectivity index is 1.97. The first-order valence-corrected chi connectivity index (χ1v) is 9.57. The second kappa shape index (κ2) is 7.37. The van der Waals surface area contributed by atoms with Gasteiger partial charge in [0.2, 0.25) is 11.9 Å². The van der Waals surface area contributed by atoms with Crippen LogP contribution in [0.5, 0.6) is 0 Å². The van der Waals surface area contributed by atoms with Crippen LogP contribution in [0.15, 0.2) is 41.3 Å². The zero-order valence-electron chi connectivity index (χ0n) is 13.8. The summed E-state index contributed by atoms with van der Waals surface area (Å²) in [7, 11) is -4.24. The lowest BCUT2D eigenvalue weighted by Crippen LogP contribution is -2.17. The summed E-state index contributed by atoms with van der Waals surface area (Å²) in [5, 5.41) is 15.6. The lowest BCUT2D eigenvalue weighted by Gasteiger charge is -2.07. The van der Waals surface area contributed by atoms with Gasteiger partial charge in [-0.05, 0) is 24.3 Å². The first kappa shape index (κ1) is 19.5. The molecule has 0 unspecified atom stereocenters. The van der Waals surface area contributed by atoms with E-state index in [9.17, 15) is 8.42 Å². The van der Waals surface area contributed by atoms with Gasteiger partial charge in [-0.25, -0.2) is 4.85 Å². The Morgan fingerprint density at radius 1 is 1.21 bits per heavy atom. The molecule has 2 aromatic carbocycles. The van der Waals surface area contributed by atoms with Crippen molar-refractivity contribution in [3.05, 3.63) is 63.4 Å². The van der Waals surface area contributed by atoms with Gasteiger partial charge in [-0.3, -0.25) is 0 Å². The molecule has 0 saturated carbocycles. The zero-order chi connectivity index (χ0) is 20.5. The molecule has 0 saturated heterocycles. The molecule has 0 amide bonds. The summed E-state index contributed by atoms with van der Waals surface area (Å²) >= 11 is 12.0. The molecule has 12 heteroatoms. The summed E-state index contributed by atoms with van der Waals surface area (Å²) < 4.78 is 26.2. The van der Waals surface area contributed by atoms with Crippen molar-refractivity contribution in [2.45, 2.75) is 4.90 Å². The van der Waals surface area contributed by atoms with E-state index in [1.807, 2.05) is 6.07 Å².